The van der Waals surface area contributed by atoms with Crippen molar-refractivity contribution in [2.75, 3.05) is 5.32 Å². The van der Waals surface area contributed by atoms with Crippen LogP contribution in [0.5, 0.6) is 0 Å². The van der Waals surface area contributed by atoms with Gasteiger partial charge < -0.3 is 5.32 Å². The summed E-state index contributed by atoms with van der Waals surface area (Å²) >= 11 is 5.96. The predicted molar refractivity (Wildman–Crippen MR) is 98.8 cm³/mol. The maximum absolute atomic E-state index is 12.3. The van der Waals surface area contributed by atoms with Crippen molar-refractivity contribution in [2.45, 2.75) is 13.5 Å². The largest absolute Gasteiger partial charge is 0.324 e. The number of carbonyl (C=O) groups excluding carboxylic acids is 1. The van der Waals surface area contributed by atoms with Crippen molar-refractivity contribution in [3.05, 3.63) is 81.6 Å². The molecule has 3 rings (SSSR count). The molecule has 0 fully saturated rings. The SMILES string of the molecule is Cc1ccc(Cl)cc1NC(=O)Cn1nc(-c2ccccc2)ccc1=O. The number of rotatable bonds is 4. The highest BCUT2D eigenvalue weighted by Crippen LogP contribution is 2.20. The number of nitrogens with one attached hydrogen (secondary N) is 1. The first-order valence-corrected chi connectivity index (χ1v) is 8.10. The molecule has 0 saturated carbocycles. The van der Waals surface area contributed by atoms with Gasteiger partial charge in [-0.25, -0.2) is 4.68 Å². The van der Waals surface area contributed by atoms with Gasteiger partial charge >= 0.3 is 0 Å². The second-order valence-electron chi connectivity index (χ2n) is 5.59. The van der Waals surface area contributed by atoms with Gasteiger partial charge in [-0.2, -0.15) is 5.10 Å². The fourth-order valence-corrected chi connectivity index (χ4v) is 2.55. The number of amides is 1. The minimum Gasteiger partial charge on any atom is -0.324 e. The van der Waals surface area contributed by atoms with Crippen molar-refractivity contribution in [2.24, 2.45) is 0 Å². The molecule has 0 spiro atoms. The summed E-state index contributed by atoms with van der Waals surface area (Å²) in [7, 11) is 0. The van der Waals surface area contributed by atoms with Gasteiger partial charge in [0.05, 0.1) is 5.69 Å². The minimum atomic E-state index is -0.342. The van der Waals surface area contributed by atoms with Crippen LogP contribution in [0.4, 0.5) is 5.69 Å². The Morgan fingerprint density at radius 2 is 1.88 bits per heavy atom. The summed E-state index contributed by atoms with van der Waals surface area (Å²) in [4.78, 5) is 24.3. The zero-order valence-electron chi connectivity index (χ0n) is 13.6. The lowest BCUT2D eigenvalue weighted by atomic mass is 10.1. The van der Waals surface area contributed by atoms with Gasteiger partial charge in [-0.15, -0.1) is 0 Å². The summed E-state index contributed by atoms with van der Waals surface area (Å²) < 4.78 is 1.15. The molecule has 0 unspecified atom stereocenters. The third kappa shape index (κ3) is 4.14. The molecular weight excluding hydrogens is 338 g/mol. The number of carbonyl (C=O) groups is 1. The standard InChI is InChI=1S/C19H16ClN3O2/c1-13-7-8-15(20)11-17(13)21-18(24)12-23-19(25)10-9-16(22-23)14-5-3-2-4-6-14/h2-11H,12H2,1H3,(H,21,24). The Labute approximate surface area is 149 Å². The summed E-state index contributed by atoms with van der Waals surface area (Å²) in [6, 6.07) is 17.8. The van der Waals surface area contributed by atoms with Crippen molar-refractivity contribution in [3.8, 4) is 11.3 Å². The van der Waals surface area contributed by atoms with Gasteiger partial charge in [0.25, 0.3) is 5.56 Å². The first-order valence-electron chi connectivity index (χ1n) is 7.72. The molecule has 25 heavy (non-hydrogen) atoms. The number of aromatic nitrogens is 2. The van der Waals surface area contributed by atoms with E-state index in [4.69, 9.17) is 11.6 Å². The van der Waals surface area contributed by atoms with E-state index in [1.165, 1.54) is 6.07 Å². The van der Waals surface area contributed by atoms with Gasteiger partial charge in [-0.3, -0.25) is 9.59 Å². The number of anilines is 1. The van der Waals surface area contributed by atoms with Crippen LogP contribution in [0.25, 0.3) is 11.3 Å². The highest BCUT2D eigenvalue weighted by molar-refractivity contribution is 6.31. The third-order valence-electron chi connectivity index (χ3n) is 3.70. The lowest BCUT2D eigenvalue weighted by Crippen LogP contribution is -2.29. The maximum Gasteiger partial charge on any atom is 0.267 e. The molecule has 1 heterocycles. The van der Waals surface area contributed by atoms with Crippen LogP contribution in [0.2, 0.25) is 5.02 Å². The molecule has 0 aliphatic carbocycles. The van der Waals surface area contributed by atoms with E-state index in [1.807, 2.05) is 43.3 Å². The van der Waals surface area contributed by atoms with Crippen molar-refractivity contribution >= 4 is 23.2 Å². The monoisotopic (exact) mass is 353 g/mol. The van der Waals surface area contributed by atoms with Crippen molar-refractivity contribution < 1.29 is 4.79 Å². The Morgan fingerprint density at radius 3 is 2.64 bits per heavy atom. The predicted octanol–water partition coefficient (Wildman–Crippen LogP) is 3.51. The van der Waals surface area contributed by atoms with Crippen LogP contribution < -0.4 is 10.9 Å². The van der Waals surface area contributed by atoms with E-state index in [0.717, 1.165) is 15.8 Å². The minimum absolute atomic E-state index is 0.175. The number of hydrogen-bond acceptors (Lipinski definition) is 3. The van der Waals surface area contributed by atoms with E-state index < -0.39 is 0 Å². The maximum atomic E-state index is 12.3. The zero-order valence-corrected chi connectivity index (χ0v) is 14.3. The summed E-state index contributed by atoms with van der Waals surface area (Å²) in [5, 5.41) is 7.57. The van der Waals surface area contributed by atoms with Gasteiger partial charge in [0.15, 0.2) is 0 Å². The van der Waals surface area contributed by atoms with Gasteiger partial charge in [-0.05, 0) is 30.7 Å². The van der Waals surface area contributed by atoms with E-state index in [9.17, 15) is 9.59 Å². The molecule has 1 aromatic heterocycles. The number of aryl methyl sites for hydroxylation is 1. The summed E-state index contributed by atoms with van der Waals surface area (Å²) in [5.74, 6) is -0.342. The van der Waals surface area contributed by atoms with Crippen molar-refractivity contribution in [3.63, 3.8) is 0 Å². The molecular formula is C19H16ClN3O2. The Hall–Kier alpha value is -2.92. The number of benzene rings is 2. The van der Waals surface area contributed by atoms with Gasteiger partial charge in [0.1, 0.15) is 6.54 Å². The molecule has 5 nitrogen and oxygen atoms in total. The normalized spacial score (nSPS) is 10.5. The number of nitrogens with zero attached hydrogens (tertiary/aromatic N) is 2. The molecule has 1 amide bonds. The van der Waals surface area contributed by atoms with E-state index in [2.05, 4.69) is 10.4 Å². The fourth-order valence-electron chi connectivity index (χ4n) is 2.38. The van der Waals surface area contributed by atoms with E-state index in [1.54, 1.807) is 18.2 Å². The van der Waals surface area contributed by atoms with Crippen LogP contribution in [0.1, 0.15) is 5.56 Å². The average Bonchev–Trinajstić information content (AvgIpc) is 2.61. The molecule has 2 aromatic carbocycles. The molecule has 0 saturated heterocycles. The molecule has 1 N–H and O–H groups in total. The Bertz CT molecular complexity index is 968. The van der Waals surface area contributed by atoms with E-state index in [0.29, 0.717) is 16.4 Å². The Morgan fingerprint density at radius 1 is 1.12 bits per heavy atom. The fraction of sp³-hybridized carbons (Fsp3) is 0.105. The Kier molecular flexibility index (Phi) is 4.95. The first kappa shape index (κ1) is 16.9. The van der Waals surface area contributed by atoms with Crippen LogP contribution in [0.15, 0.2) is 65.5 Å². The van der Waals surface area contributed by atoms with E-state index >= 15 is 0 Å². The summed E-state index contributed by atoms with van der Waals surface area (Å²) in [6.45, 7) is 1.69. The lowest BCUT2D eigenvalue weighted by molar-refractivity contribution is -0.117. The lowest BCUT2D eigenvalue weighted by Gasteiger charge is -2.10. The second-order valence-corrected chi connectivity index (χ2v) is 6.02. The zero-order chi connectivity index (χ0) is 17.8. The first-order chi connectivity index (χ1) is 12.0. The van der Waals surface area contributed by atoms with Crippen LogP contribution >= 0.6 is 11.6 Å². The molecule has 126 valence electrons. The van der Waals surface area contributed by atoms with Crippen LogP contribution in [0, 0.1) is 6.92 Å². The van der Waals surface area contributed by atoms with Crippen molar-refractivity contribution in [1.29, 1.82) is 0 Å². The molecule has 3 aromatic rings. The molecule has 0 aliphatic rings. The summed E-state index contributed by atoms with van der Waals surface area (Å²) in [5.41, 5.74) is 2.67. The van der Waals surface area contributed by atoms with Gasteiger partial charge in [0, 0.05) is 22.3 Å². The molecule has 0 radical (unpaired) electrons. The average molecular weight is 354 g/mol. The van der Waals surface area contributed by atoms with Crippen LogP contribution in [-0.2, 0) is 11.3 Å². The molecule has 0 atom stereocenters. The molecule has 0 bridgehead atoms. The Balaban J connectivity index is 1.81. The third-order valence-corrected chi connectivity index (χ3v) is 3.94. The van der Waals surface area contributed by atoms with Crippen LogP contribution in [0.3, 0.4) is 0 Å². The van der Waals surface area contributed by atoms with Gasteiger partial charge in [-0.1, -0.05) is 48.0 Å². The topological polar surface area (TPSA) is 64.0 Å². The summed E-state index contributed by atoms with van der Waals surface area (Å²) in [6.07, 6.45) is 0. The molecule has 6 heteroatoms. The van der Waals surface area contributed by atoms with Gasteiger partial charge in [0.2, 0.25) is 5.91 Å². The highest BCUT2D eigenvalue weighted by Gasteiger charge is 2.10. The number of halogens is 1. The smallest absolute Gasteiger partial charge is 0.267 e. The quantitative estimate of drug-likeness (QED) is 0.780. The number of hydrogen-bond donors (Lipinski definition) is 1. The second kappa shape index (κ2) is 7.32. The van der Waals surface area contributed by atoms with E-state index in [-0.39, 0.29) is 18.0 Å². The van der Waals surface area contributed by atoms with Crippen LogP contribution in [-0.4, -0.2) is 15.7 Å². The highest BCUT2D eigenvalue weighted by atomic mass is 35.5. The van der Waals surface area contributed by atoms with Crippen molar-refractivity contribution in [1.82, 2.24) is 9.78 Å². The molecule has 0 aliphatic heterocycles.